The number of carbonyl (C=O) groups is 1. The van der Waals surface area contributed by atoms with E-state index < -0.39 is 17.3 Å². The van der Waals surface area contributed by atoms with E-state index in [9.17, 15) is 20.4 Å². The van der Waals surface area contributed by atoms with Crippen LogP contribution in [0.1, 0.15) is 52.7 Å². The number of nitrogens with two attached hydrogens (primary N) is 1. The molecule has 2 aromatic rings. The smallest absolute Gasteiger partial charge is 0.235 e. The normalized spacial score (nSPS) is 19.2. The molecule has 8 heteroatoms. The highest BCUT2D eigenvalue weighted by molar-refractivity contribution is 8.00. The largest absolute Gasteiger partial charge is 0.391 e. The number of β-amino-alcohol motifs (C(OH)–C–C–N with tert-alkyl or cyclic N) is 1. The molecule has 0 bridgehead atoms. The molecule has 3 N–H and O–H groups in total. The molecule has 1 aromatic carbocycles. The molecular formula is C22H21N5O2S. The molecule has 152 valence electrons. The SMILES string of the molecule is N#Cc1c(SC(C(N)=O)c2ccccc2)nc(N2CCC(O)C2)c(C#N)c1C1CC1. The van der Waals surface area contributed by atoms with Crippen LogP contribution in [-0.4, -0.2) is 35.2 Å². The summed E-state index contributed by atoms with van der Waals surface area (Å²) in [4.78, 5) is 18.8. The number of primary amides is 1. The van der Waals surface area contributed by atoms with Crippen molar-refractivity contribution in [3.63, 3.8) is 0 Å². The number of hydrogen-bond donors (Lipinski definition) is 2. The summed E-state index contributed by atoms with van der Waals surface area (Å²) in [6, 6.07) is 13.6. The van der Waals surface area contributed by atoms with E-state index in [4.69, 9.17) is 5.73 Å². The van der Waals surface area contributed by atoms with E-state index in [1.807, 2.05) is 35.2 Å². The van der Waals surface area contributed by atoms with Gasteiger partial charge in [0, 0.05) is 13.1 Å². The number of aliphatic hydroxyl groups excluding tert-OH is 1. The van der Waals surface area contributed by atoms with Crippen molar-refractivity contribution in [2.24, 2.45) is 5.73 Å². The molecule has 7 nitrogen and oxygen atoms in total. The standard InChI is InChI=1S/C22H21N5O2S/c23-10-16-18(13-6-7-13)17(11-24)22(26-21(16)27-9-8-15(28)12-27)30-19(20(25)29)14-4-2-1-3-5-14/h1-5,13,15,19,28H,6-9,12H2,(H2,25,29). The van der Waals surface area contributed by atoms with Gasteiger partial charge in [0.1, 0.15) is 28.2 Å². The molecule has 30 heavy (non-hydrogen) atoms. The van der Waals surface area contributed by atoms with Crippen molar-refractivity contribution < 1.29 is 9.90 Å². The Morgan fingerprint density at radius 3 is 2.43 bits per heavy atom. The first-order valence-corrected chi connectivity index (χ1v) is 10.7. The second-order valence-corrected chi connectivity index (χ2v) is 8.70. The molecule has 4 rings (SSSR count). The highest BCUT2D eigenvalue weighted by Crippen LogP contribution is 2.48. The summed E-state index contributed by atoms with van der Waals surface area (Å²) in [6.45, 7) is 0.973. The lowest BCUT2D eigenvalue weighted by atomic mass is 10.00. The first kappa shape index (κ1) is 20.2. The molecule has 2 fully saturated rings. The number of nitriles is 2. The van der Waals surface area contributed by atoms with Gasteiger partial charge in [0.05, 0.1) is 17.2 Å². The van der Waals surface area contributed by atoms with Crippen LogP contribution in [0.5, 0.6) is 0 Å². The predicted octanol–water partition coefficient (Wildman–Crippen LogP) is 2.59. The lowest BCUT2D eigenvalue weighted by Gasteiger charge is -2.23. The maximum absolute atomic E-state index is 12.2. The fourth-order valence-corrected chi connectivity index (χ4v) is 4.89. The van der Waals surface area contributed by atoms with Crippen LogP contribution in [0.3, 0.4) is 0 Å². The minimum Gasteiger partial charge on any atom is -0.391 e. The first-order chi connectivity index (χ1) is 14.5. The Bertz CT molecular complexity index is 1060. The molecule has 1 aliphatic carbocycles. The number of aliphatic hydroxyl groups is 1. The topological polar surface area (TPSA) is 127 Å². The van der Waals surface area contributed by atoms with Gasteiger partial charge < -0.3 is 15.7 Å². The van der Waals surface area contributed by atoms with Gasteiger partial charge in [-0.25, -0.2) is 4.98 Å². The monoisotopic (exact) mass is 419 g/mol. The summed E-state index contributed by atoms with van der Waals surface area (Å²) in [5.41, 5.74) is 7.89. The van der Waals surface area contributed by atoms with Crippen molar-refractivity contribution >= 4 is 23.5 Å². The van der Waals surface area contributed by atoms with Gasteiger partial charge in [-0.1, -0.05) is 42.1 Å². The van der Waals surface area contributed by atoms with Gasteiger partial charge >= 0.3 is 0 Å². The van der Waals surface area contributed by atoms with Gasteiger partial charge in [0.25, 0.3) is 0 Å². The van der Waals surface area contributed by atoms with Crippen molar-refractivity contribution in [2.75, 3.05) is 18.0 Å². The van der Waals surface area contributed by atoms with Crippen LogP contribution in [0.4, 0.5) is 5.82 Å². The summed E-state index contributed by atoms with van der Waals surface area (Å²) < 4.78 is 0. The van der Waals surface area contributed by atoms with Crippen molar-refractivity contribution in [3.05, 3.63) is 52.6 Å². The number of pyridine rings is 1. The van der Waals surface area contributed by atoms with Crippen molar-refractivity contribution in [1.29, 1.82) is 10.5 Å². The molecule has 2 unspecified atom stereocenters. The molecule has 0 radical (unpaired) electrons. The molecular weight excluding hydrogens is 398 g/mol. The molecule has 2 aliphatic rings. The van der Waals surface area contributed by atoms with Crippen molar-refractivity contribution in [1.82, 2.24) is 4.98 Å². The molecule has 0 spiro atoms. The zero-order valence-electron chi connectivity index (χ0n) is 16.3. The van der Waals surface area contributed by atoms with Crippen molar-refractivity contribution in [2.45, 2.75) is 41.6 Å². The number of nitrogens with zero attached hydrogens (tertiary/aromatic N) is 4. The van der Waals surface area contributed by atoms with Crippen LogP contribution in [-0.2, 0) is 4.79 Å². The number of rotatable bonds is 6. The predicted molar refractivity (Wildman–Crippen MR) is 113 cm³/mol. The fraction of sp³-hybridized carbons (Fsp3) is 0.364. The average molecular weight is 420 g/mol. The Hall–Kier alpha value is -3.07. The van der Waals surface area contributed by atoms with E-state index in [0.717, 1.165) is 30.2 Å². The van der Waals surface area contributed by atoms with Crippen molar-refractivity contribution in [3.8, 4) is 12.1 Å². The van der Waals surface area contributed by atoms with E-state index in [0.29, 0.717) is 47.0 Å². The molecule has 1 aliphatic heterocycles. The Morgan fingerprint density at radius 2 is 1.90 bits per heavy atom. The quantitative estimate of drug-likeness (QED) is 0.689. The molecule has 1 saturated carbocycles. The Morgan fingerprint density at radius 1 is 1.20 bits per heavy atom. The van der Waals surface area contributed by atoms with E-state index in [1.54, 1.807) is 0 Å². The van der Waals surface area contributed by atoms with Gasteiger partial charge in [0.15, 0.2) is 0 Å². The fourth-order valence-electron chi connectivity index (χ4n) is 3.85. The Balaban J connectivity index is 1.84. The molecule has 1 amide bonds. The third kappa shape index (κ3) is 3.85. The Labute approximate surface area is 179 Å². The van der Waals surface area contributed by atoms with E-state index in [-0.39, 0.29) is 5.92 Å². The third-order valence-electron chi connectivity index (χ3n) is 5.45. The van der Waals surface area contributed by atoms with Gasteiger partial charge in [-0.05, 0) is 36.3 Å². The van der Waals surface area contributed by atoms with E-state index in [1.165, 1.54) is 0 Å². The Kier molecular flexibility index (Phi) is 5.63. The van der Waals surface area contributed by atoms with Crippen LogP contribution in [0.15, 0.2) is 35.4 Å². The average Bonchev–Trinajstić information content (AvgIpc) is 3.51. The van der Waals surface area contributed by atoms with Crippen LogP contribution >= 0.6 is 11.8 Å². The molecule has 1 saturated heterocycles. The van der Waals surface area contributed by atoms with Gasteiger partial charge in [0.2, 0.25) is 5.91 Å². The highest BCUT2D eigenvalue weighted by Gasteiger charge is 2.36. The summed E-state index contributed by atoms with van der Waals surface area (Å²) in [7, 11) is 0. The third-order valence-corrected chi connectivity index (χ3v) is 6.70. The van der Waals surface area contributed by atoms with Crippen LogP contribution in [0.2, 0.25) is 0 Å². The number of amides is 1. The molecule has 2 heterocycles. The molecule has 2 atom stereocenters. The number of anilines is 1. The summed E-state index contributed by atoms with van der Waals surface area (Å²) in [5, 5.41) is 29.5. The summed E-state index contributed by atoms with van der Waals surface area (Å²) in [5.74, 6) is 0.104. The highest BCUT2D eigenvalue weighted by atomic mass is 32.2. The van der Waals surface area contributed by atoms with Gasteiger partial charge in [-0.2, -0.15) is 10.5 Å². The number of benzene rings is 1. The zero-order valence-corrected chi connectivity index (χ0v) is 17.1. The van der Waals surface area contributed by atoms with Crippen LogP contribution in [0, 0.1) is 22.7 Å². The van der Waals surface area contributed by atoms with E-state index in [2.05, 4.69) is 17.1 Å². The summed E-state index contributed by atoms with van der Waals surface area (Å²) >= 11 is 1.15. The zero-order chi connectivity index (χ0) is 21.3. The summed E-state index contributed by atoms with van der Waals surface area (Å²) in [6.07, 6.45) is 1.95. The lowest BCUT2D eigenvalue weighted by Crippen LogP contribution is -2.25. The number of aromatic nitrogens is 1. The molecule has 1 aromatic heterocycles. The number of carbonyl (C=O) groups excluding carboxylic acids is 1. The second kappa shape index (κ2) is 8.35. The number of hydrogen-bond acceptors (Lipinski definition) is 7. The first-order valence-electron chi connectivity index (χ1n) is 9.85. The van der Waals surface area contributed by atoms with Crippen LogP contribution < -0.4 is 10.6 Å². The lowest BCUT2D eigenvalue weighted by molar-refractivity contribution is -0.117. The minimum absolute atomic E-state index is 0.145. The van der Waals surface area contributed by atoms with E-state index >= 15 is 0 Å². The van der Waals surface area contributed by atoms with Crippen LogP contribution in [0.25, 0.3) is 0 Å². The van der Waals surface area contributed by atoms with Gasteiger partial charge in [-0.15, -0.1) is 0 Å². The van der Waals surface area contributed by atoms with Gasteiger partial charge in [-0.3, -0.25) is 4.79 Å². The maximum Gasteiger partial charge on any atom is 0.235 e. The minimum atomic E-state index is -0.706. The number of thioether (sulfide) groups is 1. The maximum atomic E-state index is 12.2. The second-order valence-electron chi connectivity index (χ2n) is 7.60.